The molecule has 0 bridgehead atoms. The maximum Gasteiger partial charge on any atom is 0.433 e. The predicted octanol–water partition coefficient (Wildman–Crippen LogP) is 5.35. The number of pyridine rings is 1. The lowest BCUT2D eigenvalue weighted by molar-refractivity contribution is -0.141. The number of alkyl halides is 6. The zero-order valence-electron chi connectivity index (χ0n) is 16.1. The van der Waals surface area contributed by atoms with Gasteiger partial charge in [0.25, 0.3) is 5.89 Å². The molecule has 0 aliphatic heterocycles. The van der Waals surface area contributed by atoms with Crippen molar-refractivity contribution < 1.29 is 30.9 Å². The number of fused-ring (bicyclic) bond motifs is 1. The number of nitrogens with zero attached hydrogens (tertiary/aromatic N) is 5. The molecule has 12 heteroatoms. The first-order valence-corrected chi connectivity index (χ1v) is 8.95. The molecule has 3 aromatic heterocycles. The Morgan fingerprint density at radius 3 is 2.47 bits per heavy atom. The molecule has 1 aromatic carbocycles. The number of hydrogen-bond donors (Lipinski definition) is 0. The first-order chi connectivity index (χ1) is 15.0. The van der Waals surface area contributed by atoms with Crippen LogP contribution >= 0.6 is 0 Å². The number of nitriles is 1. The van der Waals surface area contributed by atoms with Crippen LogP contribution in [-0.4, -0.2) is 19.7 Å². The molecule has 0 aliphatic rings. The van der Waals surface area contributed by atoms with Gasteiger partial charge in [-0.25, -0.2) is 0 Å². The second-order valence-corrected chi connectivity index (χ2v) is 6.85. The van der Waals surface area contributed by atoms with Crippen molar-refractivity contribution in [2.75, 3.05) is 0 Å². The van der Waals surface area contributed by atoms with Gasteiger partial charge in [-0.1, -0.05) is 5.16 Å². The molecule has 0 N–H and O–H groups in total. The van der Waals surface area contributed by atoms with Crippen LogP contribution in [0.4, 0.5) is 26.3 Å². The van der Waals surface area contributed by atoms with Crippen LogP contribution in [0.15, 0.2) is 41.1 Å². The van der Waals surface area contributed by atoms with Gasteiger partial charge in [-0.3, -0.25) is 4.98 Å². The topological polar surface area (TPSA) is 80.5 Å². The SMILES string of the molecule is Cc1cc2c(C(F)(F)F)c(C#N)ccc2n1Cc1noc(-c2ccnc(C(F)(F)F)c2)n1. The Bertz CT molecular complexity index is 1360. The quantitative estimate of drug-likeness (QED) is 0.392. The molecule has 0 radical (unpaired) electrons. The van der Waals surface area contributed by atoms with E-state index in [1.807, 2.05) is 0 Å². The van der Waals surface area contributed by atoms with Gasteiger partial charge in [0.2, 0.25) is 0 Å². The second kappa shape index (κ2) is 7.37. The predicted molar refractivity (Wildman–Crippen MR) is 98.0 cm³/mol. The smallest absolute Gasteiger partial charge is 0.337 e. The Balaban J connectivity index is 1.73. The fraction of sp³-hybridized carbons (Fsp3) is 0.200. The van der Waals surface area contributed by atoms with E-state index < -0.39 is 29.2 Å². The van der Waals surface area contributed by atoms with Gasteiger partial charge in [-0.05, 0) is 37.3 Å². The van der Waals surface area contributed by atoms with E-state index in [9.17, 15) is 26.3 Å². The van der Waals surface area contributed by atoms with Gasteiger partial charge >= 0.3 is 12.4 Å². The molecular formula is C20H11F6N5O. The number of aryl methyl sites for hydroxylation is 1. The minimum atomic E-state index is -4.74. The Morgan fingerprint density at radius 1 is 1.06 bits per heavy atom. The maximum atomic E-state index is 13.6. The number of rotatable bonds is 3. The van der Waals surface area contributed by atoms with Crippen LogP contribution in [-0.2, 0) is 18.9 Å². The van der Waals surface area contributed by atoms with E-state index in [0.717, 1.165) is 18.3 Å². The van der Waals surface area contributed by atoms with E-state index in [1.165, 1.54) is 22.8 Å². The van der Waals surface area contributed by atoms with Crippen molar-refractivity contribution in [2.24, 2.45) is 0 Å². The van der Waals surface area contributed by atoms with E-state index in [0.29, 0.717) is 5.69 Å². The lowest BCUT2D eigenvalue weighted by Crippen LogP contribution is -2.09. The third kappa shape index (κ3) is 3.77. The van der Waals surface area contributed by atoms with Crippen LogP contribution in [0.1, 0.15) is 28.3 Å². The highest BCUT2D eigenvalue weighted by atomic mass is 19.4. The Morgan fingerprint density at radius 2 is 1.81 bits per heavy atom. The van der Waals surface area contributed by atoms with Crippen LogP contribution in [0.2, 0.25) is 0 Å². The highest BCUT2D eigenvalue weighted by Gasteiger charge is 2.36. The molecule has 0 spiro atoms. The van der Waals surface area contributed by atoms with Crippen molar-refractivity contribution in [3.05, 3.63) is 64.9 Å². The summed E-state index contributed by atoms with van der Waals surface area (Å²) in [6.45, 7) is 1.48. The minimum Gasteiger partial charge on any atom is -0.337 e. The van der Waals surface area contributed by atoms with Crippen molar-refractivity contribution in [3.8, 4) is 17.5 Å². The molecule has 0 saturated carbocycles. The molecule has 0 unspecified atom stereocenters. The first-order valence-electron chi connectivity index (χ1n) is 8.95. The van der Waals surface area contributed by atoms with Crippen LogP contribution < -0.4 is 0 Å². The molecule has 3 heterocycles. The molecule has 0 atom stereocenters. The molecule has 6 nitrogen and oxygen atoms in total. The Labute approximate surface area is 175 Å². The van der Waals surface area contributed by atoms with Gasteiger partial charge in [0, 0.05) is 28.4 Å². The Hall–Kier alpha value is -3.88. The van der Waals surface area contributed by atoms with Crippen molar-refractivity contribution in [1.29, 1.82) is 5.26 Å². The fourth-order valence-electron chi connectivity index (χ4n) is 3.37. The lowest BCUT2D eigenvalue weighted by atomic mass is 10.0. The lowest BCUT2D eigenvalue weighted by Gasteiger charge is -2.11. The molecule has 0 saturated heterocycles. The summed E-state index contributed by atoms with van der Waals surface area (Å²) in [5.41, 5.74) is -2.03. The highest BCUT2D eigenvalue weighted by Crippen LogP contribution is 2.38. The average Bonchev–Trinajstić information content (AvgIpc) is 3.31. The van der Waals surface area contributed by atoms with Crippen LogP contribution in [0, 0.1) is 18.3 Å². The molecule has 0 amide bonds. The van der Waals surface area contributed by atoms with Crippen molar-refractivity contribution in [1.82, 2.24) is 19.7 Å². The normalized spacial score (nSPS) is 12.3. The third-order valence-corrected chi connectivity index (χ3v) is 4.76. The molecule has 4 aromatic rings. The highest BCUT2D eigenvalue weighted by molar-refractivity contribution is 5.87. The van der Waals surface area contributed by atoms with Crippen molar-refractivity contribution >= 4 is 10.9 Å². The van der Waals surface area contributed by atoms with E-state index in [1.54, 1.807) is 13.0 Å². The number of halogens is 6. The largest absolute Gasteiger partial charge is 0.433 e. The van der Waals surface area contributed by atoms with Gasteiger partial charge in [0.15, 0.2) is 5.82 Å². The van der Waals surface area contributed by atoms with Gasteiger partial charge in [-0.15, -0.1) is 0 Å². The summed E-state index contributed by atoms with van der Waals surface area (Å²) in [4.78, 5) is 7.32. The standard InChI is InChI=1S/C20H11F6N5O/c1-10-6-13-14(3-2-12(8-27)17(13)20(24,25)26)31(10)9-16-29-18(32-30-16)11-4-5-28-15(7-11)19(21,22)23/h2-7H,9H2,1H3. The van der Waals surface area contributed by atoms with Gasteiger partial charge in [0.1, 0.15) is 5.69 Å². The summed E-state index contributed by atoms with van der Waals surface area (Å²) in [7, 11) is 0. The third-order valence-electron chi connectivity index (χ3n) is 4.76. The van der Waals surface area contributed by atoms with Gasteiger partial charge in [0.05, 0.1) is 23.7 Å². The van der Waals surface area contributed by atoms with E-state index >= 15 is 0 Å². The summed E-state index contributed by atoms with van der Waals surface area (Å²) in [6.07, 6.45) is -8.43. The van der Waals surface area contributed by atoms with Gasteiger partial charge < -0.3 is 9.09 Å². The van der Waals surface area contributed by atoms with E-state index in [-0.39, 0.29) is 34.7 Å². The van der Waals surface area contributed by atoms with Crippen molar-refractivity contribution in [3.63, 3.8) is 0 Å². The first kappa shape index (κ1) is 21.4. The zero-order chi connectivity index (χ0) is 23.3. The maximum absolute atomic E-state index is 13.6. The summed E-state index contributed by atoms with van der Waals surface area (Å²) in [5.74, 6) is -0.145. The molecule has 4 rings (SSSR count). The second-order valence-electron chi connectivity index (χ2n) is 6.85. The molecule has 0 aliphatic carbocycles. The summed E-state index contributed by atoms with van der Waals surface area (Å²) >= 11 is 0. The summed E-state index contributed by atoms with van der Waals surface area (Å²) < 4.78 is 85.8. The van der Waals surface area contributed by atoms with Crippen LogP contribution in [0.3, 0.4) is 0 Å². The van der Waals surface area contributed by atoms with E-state index in [2.05, 4.69) is 15.1 Å². The molecule has 164 valence electrons. The Kier molecular flexibility index (Phi) is 4.92. The minimum absolute atomic E-state index is 0.00168. The number of benzene rings is 1. The molecular weight excluding hydrogens is 440 g/mol. The summed E-state index contributed by atoms with van der Waals surface area (Å²) in [5, 5.41) is 12.6. The monoisotopic (exact) mass is 451 g/mol. The molecule has 0 fully saturated rings. The van der Waals surface area contributed by atoms with Crippen molar-refractivity contribution in [2.45, 2.75) is 25.8 Å². The number of hydrogen-bond acceptors (Lipinski definition) is 5. The average molecular weight is 451 g/mol. The fourth-order valence-corrected chi connectivity index (χ4v) is 3.37. The van der Waals surface area contributed by atoms with E-state index in [4.69, 9.17) is 9.78 Å². The molecule has 32 heavy (non-hydrogen) atoms. The van der Waals surface area contributed by atoms with Gasteiger partial charge in [-0.2, -0.15) is 36.6 Å². The van der Waals surface area contributed by atoms with Crippen LogP contribution in [0.5, 0.6) is 0 Å². The zero-order valence-corrected chi connectivity index (χ0v) is 16.1. The van der Waals surface area contributed by atoms with Crippen LogP contribution in [0.25, 0.3) is 22.4 Å². The summed E-state index contributed by atoms with van der Waals surface area (Å²) in [6, 6.07) is 7.35. The number of aromatic nitrogens is 4.